The first kappa shape index (κ1) is 17.9. The predicted octanol–water partition coefficient (Wildman–Crippen LogP) is 1.86. The molecule has 0 aliphatic carbocycles. The van der Waals surface area contributed by atoms with Gasteiger partial charge in [-0.2, -0.15) is 0 Å². The summed E-state index contributed by atoms with van der Waals surface area (Å²) in [5.41, 5.74) is 2.15. The first-order valence-electron chi connectivity index (χ1n) is 7.96. The van der Waals surface area contributed by atoms with Crippen LogP contribution in [0.25, 0.3) is 10.7 Å². The Morgan fingerprint density at radius 2 is 2.04 bits per heavy atom. The van der Waals surface area contributed by atoms with Crippen LogP contribution in [0.1, 0.15) is 0 Å². The highest BCUT2D eigenvalue weighted by molar-refractivity contribution is 7.13. The molecule has 3 rings (SSSR count). The Labute approximate surface area is 154 Å². The van der Waals surface area contributed by atoms with Gasteiger partial charge in [-0.05, 0) is 24.3 Å². The lowest BCUT2D eigenvalue weighted by Gasteiger charge is -2.09. The number of nitrogens with zero attached hydrogens (tertiary/aromatic N) is 3. The minimum absolute atomic E-state index is 0.00720. The van der Waals surface area contributed by atoms with Gasteiger partial charge < -0.3 is 21.1 Å². The van der Waals surface area contributed by atoms with E-state index in [1.54, 1.807) is 30.6 Å². The molecule has 26 heavy (non-hydrogen) atoms. The van der Waals surface area contributed by atoms with E-state index in [-0.39, 0.29) is 19.1 Å². The quantitative estimate of drug-likeness (QED) is 0.448. The fraction of sp³-hybridized carbons (Fsp3) is 0.176. The summed E-state index contributed by atoms with van der Waals surface area (Å²) >= 11 is 1.51. The number of amides is 1. The van der Waals surface area contributed by atoms with Gasteiger partial charge >= 0.3 is 0 Å². The van der Waals surface area contributed by atoms with Crippen molar-refractivity contribution in [3.8, 4) is 10.7 Å². The second kappa shape index (κ2) is 8.99. The minimum atomic E-state index is -0.183. The van der Waals surface area contributed by atoms with Crippen LogP contribution in [0.2, 0.25) is 0 Å². The van der Waals surface area contributed by atoms with E-state index in [9.17, 15) is 4.79 Å². The van der Waals surface area contributed by atoms with Gasteiger partial charge in [0.15, 0.2) is 0 Å². The van der Waals surface area contributed by atoms with Crippen molar-refractivity contribution in [1.29, 1.82) is 0 Å². The molecule has 0 spiro atoms. The van der Waals surface area contributed by atoms with Crippen LogP contribution >= 0.6 is 11.3 Å². The molecule has 8 nitrogen and oxygen atoms in total. The molecule has 0 unspecified atom stereocenters. The summed E-state index contributed by atoms with van der Waals surface area (Å²) in [5.74, 6) is 0.267. The third kappa shape index (κ3) is 5.06. The molecule has 2 heterocycles. The Bertz CT molecular complexity index is 856. The highest BCUT2D eigenvalue weighted by Crippen LogP contribution is 2.22. The molecule has 134 valence electrons. The maximum absolute atomic E-state index is 11.8. The molecule has 1 amide bonds. The van der Waals surface area contributed by atoms with E-state index in [4.69, 9.17) is 5.11 Å². The molecule has 0 saturated heterocycles. The van der Waals surface area contributed by atoms with Gasteiger partial charge in [0, 0.05) is 35.7 Å². The van der Waals surface area contributed by atoms with Crippen molar-refractivity contribution in [2.45, 2.75) is 0 Å². The van der Waals surface area contributed by atoms with Crippen LogP contribution < -0.4 is 16.0 Å². The number of carbonyl (C=O) groups excluding carboxylic acids is 1. The van der Waals surface area contributed by atoms with Gasteiger partial charge in [0.2, 0.25) is 11.9 Å². The van der Waals surface area contributed by atoms with E-state index in [0.717, 1.165) is 16.4 Å². The van der Waals surface area contributed by atoms with Gasteiger partial charge in [-0.15, -0.1) is 11.3 Å². The van der Waals surface area contributed by atoms with Gasteiger partial charge in [-0.1, -0.05) is 6.07 Å². The number of rotatable bonds is 8. The Hall–Kier alpha value is -2.88. The topological polar surface area (TPSA) is 112 Å². The van der Waals surface area contributed by atoms with E-state index in [1.165, 1.54) is 11.3 Å². The summed E-state index contributed by atoms with van der Waals surface area (Å²) in [5, 5.41) is 20.2. The monoisotopic (exact) mass is 370 g/mol. The van der Waals surface area contributed by atoms with Crippen LogP contribution in [-0.4, -0.2) is 45.7 Å². The number of hydrogen-bond donors (Lipinski definition) is 4. The van der Waals surface area contributed by atoms with Crippen LogP contribution in [-0.2, 0) is 4.79 Å². The van der Waals surface area contributed by atoms with E-state index in [2.05, 4.69) is 30.9 Å². The fourth-order valence-electron chi connectivity index (χ4n) is 2.18. The van der Waals surface area contributed by atoms with Crippen LogP contribution in [0.15, 0.2) is 48.1 Å². The summed E-state index contributed by atoms with van der Waals surface area (Å²) in [6.07, 6.45) is 3.40. The fourth-order valence-corrected chi connectivity index (χ4v) is 2.78. The van der Waals surface area contributed by atoms with Gasteiger partial charge in [0.1, 0.15) is 10.7 Å². The molecular weight excluding hydrogens is 352 g/mol. The number of anilines is 3. The summed E-state index contributed by atoms with van der Waals surface area (Å²) in [6, 6.07) is 9.08. The highest BCUT2D eigenvalue weighted by Gasteiger charge is 2.06. The van der Waals surface area contributed by atoms with Crippen molar-refractivity contribution in [2.24, 2.45) is 0 Å². The SMILES string of the molecule is O=C(CNCCO)Nc1cccc(Nc2nccc(-c3nccs3)n2)c1. The number of hydrogen-bond acceptors (Lipinski definition) is 8. The molecule has 9 heteroatoms. The van der Waals surface area contributed by atoms with Crippen LogP contribution in [0.5, 0.6) is 0 Å². The summed E-state index contributed by atoms with van der Waals surface area (Å²) in [6.45, 7) is 0.506. The molecule has 0 fully saturated rings. The maximum Gasteiger partial charge on any atom is 0.238 e. The molecule has 0 atom stereocenters. The van der Waals surface area contributed by atoms with Crippen molar-refractivity contribution in [2.75, 3.05) is 30.3 Å². The first-order valence-corrected chi connectivity index (χ1v) is 8.84. The van der Waals surface area contributed by atoms with Gasteiger partial charge in [-0.3, -0.25) is 4.79 Å². The predicted molar refractivity (Wildman–Crippen MR) is 101 cm³/mol. The molecule has 0 bridgehead atoms. The summed E-state index contributed by atoms with van der Waals surface area (Å²) < 4.78 is 0. The van der Waals surface area contributed by atoms with Crippen LogP contribution in [0.3, 0.4) is 0 Å². The van der Waals surface area contributed by atoms with Crippen molar-refractivity contribution < 1.29 is 9.90 Å². The van der Waals surface area contributed by atoms with Crippen LogP contribution in [0.4, 0.5) is 17.3 Å². The average Bonchev–Trinajstić information content (AvgIpc) is 3.17. The van der Waals surface area contributed by atoms with E-state index in [1.807, 2.05) is 17.5 Å². The van der Waals surface area contributed by atoms with Crippen molar-refractivity contribution in [1.82, 2.24) is 20.3 Å². The lowest BCUT2D eigenvalue weighted by Crippen LogP contribution is -2.29. The van der Waals surface area contributed by atoms with E-state index < -0.39 is 0 Å². The molecule has 2 aromatic heterocycles. The normalized spacial score (nSPS) is 10.5. The molecule has 0 saturated carbocycles. The molecular formula is C17H18N6O2S. The zero-order valence-electron chi connectivity index (χ0n) is 13.8. The maximum atomic E-state index is 11.8. The van der Waals surface area contributed by atoms with Gasteiger partial charge in [0.25, 0.3) is 0 Å². The third-order valence-electron chi connectivity index (χ3n) is 3.28. The Morgan fingerprint density at radius 1 is 1.15 bits per heavy atom. The third-order valence-corrected chi connectivity index (χ3v) is 4.08. The Balaban J connectivity index is 1.65. The molecule has 0 radical (unpaired) electrons. The first-order chi connectivity index (χ1) is 12.7. The van der Waals surface area contributed by atoms with E-state index in [0.29, 0.717) is 18.2 Å². The standard InChI is InChI=1S/C17H18N6O2S/c24-8-6-18-11-15(25)21-12-2-1-3-13(10-12)22-17-20-5-4-14(23-17)16-19-7-9-26-16/h1-5,7,9-10,18,24H,6,8,11H2,(H,21,25)(H,20,22,23). The number of aromatic nitrogens is 3. The molecule has 0 aliphatic heterocycles. The van der Waals surface area contributed by atoms with Gasteiger partial charge in [-0.25, -0.2) is 15.0 Å². The minimum Gasteiger partial charge on any atom is -0.395 e. The second-order valence-electron chi connectivity index (χ2n) is 5.26. The molecule has 4 N–H and O–H groups in total. The van der Waals surface area contributed by atoms with E-state index >= 15 is 0 Å². The van der Waals surface area contributed by atoms with Crippen molar-refractivity contribution in [3.05, 3.63) is 48.1 Å². The molecule has 1 aromatic carbocycles. The number of thiazole rings is 1. The van der Waals surface area contributed by atoms with Crippen molar-refractivity contribution >= 4 is 34.6 Å². The number of benzene rings is 1. The summed E-state index contributed by atoms with van der Waals surface area (Å²) in [7, 11) is 0. The average molecular weight is 370 g/mol. The zero-order chi connectivity index (χ0) is 18.2. The highest BCUT2D eigenvalue weighted by atomic mass is 32.1. The second-order valence-corrected chi connectivity index (χ2v) is 6.15. The lowest BCUT2D eigenvalue weighted by molar-refractivity contribution is -0.115. The molecule has 3 aromatic rings. The molecule has 0 aliphatic rings. The Morgan fingerprint density at radius 3 is 2.85 bits per heavy atom. The van der Waals surface area contributed by atoms with Crippen molar-refractivity contribution in [3.63, 3.8) is 0 Å². The summed E-state index contributed by atoms with van der Waals surface area (Å²) in [4.78, 5) is 24.7. The van der Waals surface area contributed by atoms with Crippen LogP contribution in [0, 0.1) is 0 Å². The smallest absolute Gasteiger partial charge is 0.238 e. The number of carbonyl (C=O) groups is 1. The Kier molecular flexibility index (Phi) is 6.20. The zero-order valence-corrected chi connectivity index (χ0v) is 14.7. The van der Waals surface area contributed by atoms with Gasteiger partial charge in [0.05, 0.1) is 13.2 Å². The lowest BCUT2D eigenvalue weighted by atomic mass is 10.2. The number of aliphatic hydroxyl groups is 1. The largest absolute Gasteiger partial charge is 0.395 e. The number of aliphatic hydroxyl groups excluding tert-OH is 1. The number of nitrogens with one attached hydrogen (secondary N) is 3.